The van der Waals surface area contributed by atoms with Crippen molar-refractivity contribution in [3.05, 3.63) is 28.8 Å². The highest BCUT2D eigenvalue weighted by Crippen LogP contribution is 2.26. The summed E-state index contributed by atoms with van der Waals surface area (Å²) in [5, 5.41) is 11.3. The summed E-state index contributed by atoms with van der Waals surface area (Å²) in [5.74, 6) is 0.915. The van der Waals surface area contributed by atoms with E-state index in [0.717, 1.165) is 35.3 Å². The standard InChI is InChI=1S/C20H27N3O3/c1-14-4-5-15(2)20(16(14)3)26-13-19(25)23-10-7-17(8-11-23)12-22-18(24)6-9-21/h4-5,17H,6-8,10-13H2,1-3H3,(H,22,24). The summed E-state index contributed by atoms with van der Waals surface area (Å²) in [5.41, 5.74) is 3.26. The Labute approximate surface area is 155 Å². The SMILES string of the molecule is Cc1ccc(C)c(OCC(=O)N2CCC(CNC(=O)CC#N)CC2)c1C. The number of rotatable bonds is 6. The highest BCUT2D eigenvalue weighted by atomic mass is 16.5. The highest BCUT2D eigenvalue weighted by Gasteiger charge is 2.23. The molecule has 1 aromatic carbocycles. The van der Waals surface area contributed by atoms with Gasteiger partial charge >= 0.3 is 0 Å². The number of nitrogens with zero attached hydrogens (tertiary/aromatic N) is 2. The molecule has 26 heavy (non-hydrogen) atoms. The molecule has 1 saturated heterocycles. The van der Waals surface area contributed by atoms with E-state index in [1.807, 2.05) is 37.8 Å². The molecule has 1 aliphatic rings. The van der Waals surface area contributed by atoms with Gasteiger partial charge in [-0.2, -0.15) is 5.26 Å². The predicted octanol–water partition coefficient (Wildman–Crippen LogP) is 2.26. The van der Waals surface area contributed by atoms with Crippen molar-refractivity contribution in [3.63, 3.8) is 0 Å². The van der Waals surface area contributed by atoms with Crippen molar-refractivity contribution < 1.29 is 14.3 Å². The molecule has 140 valence electrons. The molecule has 2 rings (SSSR count). The number of amides is 2. The first kappa shape index (κ1) is 19.8. The van der Waals surface area contributed by atoms with E-state index in [2.05, 4.69) is 11.4 Å². The first-order valence-corrected chi connectivity index (χ1v) is 9.03. The quantitative estimate of drug-likeness (QED) is 0.846. The van der Waals surface area contributed by atoms with Gasteiger partial charge in [-0.25, -0.2) is 0 Å². The molecule has 0 aromatic heterocycles. The summed E-state index contributed by atoms with van der Waals surface area (Å²) in [6.45, 7) is 7.99. The maximum atomic E-state index is 12.4. The monoisotopic (exact) mass is 357 g/mol. The molecule has 1 N–H and O–H groups in total. The van der Waals surface area contributed by atoms with Gasteiger partial charge in [0, 0.05) is 19.6 Å². The van der Waals surface area contributed by atoms with Crippen LogP contribution in [-0.4, -0.2) is 43.0 Å². The van der Waals surface area contributed by atoms with E-state index in [-0.39, 0.29) is 24.8 Å². The van der Waals surface area contributed by atoms with Crippen LogP contribution in [-0.2, 0) is 9.59 Å². The van der Waals surface area contributed by atoms with E-state index in [1.165, 1.54) is 0 Å². The van der Waals surface area contributed by atoms with Crippen molar-refractivity contribution in [2.45, 2.75) is 40.0 Å². The molecule has 0 aliphatic carbocycles. The van der Waals surface area contributed by atoms with Crippen LogP contribution in [0.15, 0.2) is 12.1 Å². The van der Waals surface area contributed by atoms with Gasteiger partial charge in [-0.15, -0.1) is 0 Å². The number of ether oxygens (including phenoxy) is 1. The normalized spacial score (nSPS) is 14.6. The van der Waals surface area contributed by atoms with Crippen LogP contribution in [0.3, 0.4) is 0 Å². The molecule has 2 amide bonds. The second kappa shape index (κ2) is 9.23. The Kier molecular flexibility index (Phi) is 7.02. The summed E-state index contributed by atoms with van der Waals surface area (Å²) >= 11 is 0. The maximum absolute atomic E-state index is 12.4. The number of carbonyl (C=O) groups is 2. The van der Waals surface area contributed by atoms with E-state index < -0.39 is 0 Å². The van der Waals surface area contributed by atoms with Gasteiger partial charge in [-0.05, 0) is 56.2 Å². The molecular formula is C20H27N3O3. The zero-order valence-corrected chi connectivity index (χ0v) is 15.8. The molecule has 1 fully saturated rings. The van der Waals surface area contributed by atoms with Crippen molar-refractivity contribution in [3.8, 4) is 11.8 Å². The Bertz CT molecular complexity index is 701. The number of hydrogen-bond acceptors (Lipinski definition) is 4. The van der Waals surface area contributed by atoms with E-state index >= 15 is 0 Å². The predicted molar refractivity (Wildman–Crippen MR) is 98.7 cm³/mol. The number of aryl methyl sites for hydroxylation is 2. The lowest BCUT2D eigenvalue weighted by molar-refractivity contribution is -0.135. The van der Waals surface area contributed by atoms with Gasteiger partial charge in [-0.3, -0.25) is 9.59 Å². The van der Waals surface area contributed by atoms with Crippen molar-refractivity contribution in [2.75, 3.05) is 26.2 Å². The average molecular weight is 357 g/mol. The van der Waals surface area contributed by atoms with Crippen LogP contribution in [0.2, 0.25) is 0 Å². The van der Waals surface area contributed by atoms with Crippen LogP contribution in [0.25, 0.3) is 0 Å². The summed E-state index contributed by atoms with van der Waals surface area (Å²) in [4.78, 5) is 25.6. The first-order valence-electron chi connectivity index (χ1n) is 9.03. The zero-order chi connectivity index (χ0) is 19.1. The Morgan fingerprint density at radius 3 is 2.54 bits per heavy atom. The van der Waals surface area contributed by atoms with E-state index in [0.29, 0.717) is 25.6 Å². The fourth-order valence-corrected chi connectivity index (χ4v) is 3.15. The molecule has 1 aliphatic heterocycles. The topological polar surface area (TPSA) is 82.4 Å². The smallest absolute Gasteiger partial charge is 0.260 e. The summed E-state index contributed by atoms with van der Waals surface area (Å²) in [6, 6.07) is 5.90. The molecule has 0 unspecified atom stereocenters. The van der Waals surface area contributed by atoms with Gasteiger partial charge in [-0.1, -0.05) is 12.1 Å². The molecule has 0 atom stereocenters. The zero-order valence-electron chi connectivity index (χ0n) is 15.8. The summed E-state index contributed by atoms with van der Waals surface area (Å²) in [6.07, 6.45) is 1.59. The van der Waals surface area contributed by atoms with Crippen LogP contribution < -0.4 is 10.1 Å². The summed E-state index contributed by atoms with van der Waals surface area (Å²) in [7, 11) is 0. The number of hydrogen-bond donors (Lipinski definition) is 1. The van der Waals surface area contributed by atoms with Crippen LogP contribution in [0, 0.1) is 38.0 Å². The van der Waals surface area contributed by atoms with Crippen molar-refractivity contribution in [2.24, 2.45) is 5.92 Å². The number of nitrogens with one attached hydrogen (secondary N) is 1. The van der Waals surface area contributed by atoms with Crippen LogP contribution in [0.5, 0.6) is 5.75 Å². The molecule has 0 bridgehead atoms. The van der Waals surface area contributed by atoms with E-state index in [9.17, 15) is 9.59 Å². The lowest BCUT2D eigenvalue weighted by Crippen LogP contribution is -2.43. The van der Waals surface area contributed by atoms with Gasteiger partial charge in [0.1, 0.15) is 12.2 Å². The third-order valence-corrected chi connectivity index (χ3v) is 5.01. The van der Waals surface area contributed by atoms with E-state index in [4.69, 9.17) is 10.00 Å². The highest BCUT2D eigenvalue weighted by molar-refractivity contribution is 5.78. The number of carbonyl (C=O) groups excluding carboxylic acids is 2. The fourth-order valence-electron chi connectivity index (χ4n) is 3.15. The maximum Gasteiger partial charge on any atom is 0.260 e. The average Bonchev–Trinajstić information content (AvgIpc) is 2.63. The lowest BCUT2D eigenvalue weighted by atomic mass is 9.96. The molecular weight excluding hydrogens is 330 g/mol. The van der Waals surface area contributed by atoms with Crippen LogP contribution in [0.1, 0.15) is 36.0 Å². The third-order valence-electron chi connectivity index (χ3n) is 5.01. The first-order chi connectivity index (χ1) is 12.4. The largest absolute Gasteiger partial charge is 0.483 e. The summed E-state index contributed by atoms with van der Waals surface area (Å²) < 4.78 is 5.82. The van der Waals surface area contributed by atoms with Gasteiger partial charge < -0.3 is 15.0 Å². The number of likely N-dealkylation sites (tertiary alicyclic amines) is 1. The van der Waals surface area contributed by atoms with Crippen molar-refractivity contribution >= 4 is 11.8 Å². The number of piperidine rings is 1. The second-order valence-electron chi connectivity index (χ2n) is 6.91. The minimum atomic E-state index is -0.233. The Hall–Kier alpha value is -2.55. The van der Waals surface area contributed by atoms with Gasteiger partial charge in [0.15, 0.2) is 6.61 Å². The molecule has 6 nitrogen and oxygen atoms in total. The molecule has 0 saturated carbocycles. The lowest BCUT2D eigenvalue weighted by Gasteiger charge is -2.32. The fraction of sp³-hybridized carbons (Fsp3) is 0.550. The van der Waals surface area contributed by atoms with Crippen LogP contribution in [0.4, 0.5) is 0 Å². The molecule has 0 spiro atoms. The van der Waals surface area contributed by atoms with Gasteiger partial charge in [0.05, 0.1) is 6.07 Å². The minimum Gasteiger partial charge on any atom is -0.483 e. The van der Waals surface area contributed by atoms with Crippen molar-refractivity contribution in [1.29, 1.82) is 5.26 Å². The molecule has 1 aromatic rings. The van der Waals surface area contributed by atoms with E-state index in [1.54, 1.807) is 0 Å². The number of nitriles is 1. The van der Waals surface area contributed by atoms with Crippen molar-refractivity contribution in [1.82, 2.24) is 10.2 Å². The molecule has 6 heteroatoms. The van der Waals surface area contributed by atoms with Crippen LogP contribution >= 0.6 is 0 Å². The Morgan fingerprint density at radius 2 is 1.88 bits per heavy atom. The molecule has 1 heterocycles. The number of benzene rings is 1. The third kappa shape index (κ3) is 5.22. The Balaban J connectivity index is 1.78. The Morgan fingerprint density at radius 1 is 1.23 bits per heavy atom. The van der Waals surface area contributed by atoms with Gasteiger partial charge in [0.2, 0.25) is 5.91 Å². The van der Waals surface area contributed by atoms with Gasteiger partial charge in [0.25, 0.3) is 5.91 Å². The minimum absolute atomic E-state index is 0.00253. The molecule has 0 radical (unpaired) electrons. The second-order valence-corrected chi connectivity index (χ2v) is 6.91.